The van der Waals surface area contributed by atoms with Crippen LogP contribution in [0.15, 0.2) is 16.8 Å². The molecular formula is C5H10N2. The van der Waals surface area contributed by atoms with Crippen molar-refractivity contribution >= 4 is 6.21 Å². The lowest BCUT2D eigenvalue weighted by atomic mass is 10.5. The van der Waals surface area contributed by atoms with Crippen LogP contribution in [0.4, 0.5) is 0 Å². The summed E-state index contributed by atoms with van der Waals surface area (Å²) in [5, 5.41) is 0. The third-order valence-electron chi connectivity index (χ3n) is 0.612. The molecule has 0 atom stereocenters. The molecule has 0 rings (SSSR count). The van der Waals surface area contributed by atoms with Crippen LogP contribution < -0.4 is 5.73 Å². The molecule has 0 unspecified atom stereocenters. The van der Waals surface area contributed by atoms with Gasteiger partial charge in [-0.25, -0.2) is 0 Å². The van der Waals surface area contributed by atoms with Crippen molar-refractivity contribution < 1.29 is 0 Å². The normalized spacial score (nSPS) is 13.1. The van der Waals surface area contributed by atoms with Crippen LogP contribution in [0.5, 0.6) is 0 Å². The molecule has 0 amide bonds. The topological polar surface area (TPSA) is 38.4 Å². The van der Waals surface area contributed by atoms with E-state index in [0.717, 1.165) is 0 Å². The van der Waals surface area contributed by atoms with Gasteiger partial charge in [0.2, 0.25) is 0 Å². The summed E-state index contributed by atoms with van der Waals surface area (Å²) in [6, 6.07) is 0. The van der Waals surface area contributed by atoms with Crippen LogP contribution >= 0.6 is 0 Å². The standard InChI is InChI=1S/C5H10N2/c1-3-5(6)4-7-2/h3-4H,6H2,1-2H3. The molecule has 0 aliphatic heterocycles. The molecule has 0 fully saturated rings. The first-order valence-corrected chi connectivity index (χ1v) is 2.15. The van der Waals surface area contributed by atoms with E-state index < -0.39 is 0 Å². The van der Waals surface area contributed by atoms with E-state index in [-0.39, 0.29) is 0 Å². The lowest BCUT2D eigenvalue weighted by Crippen LogP contribution is -1.95. The number of nitrogens with two attached hydrogens (primary N) is 1. The number of nitrogens with zero attached hydrogens (tertiary/aromatic N) is 1. The largest absolute Gasteiger partial charge is 0.398 e. The van der Waals surface area contributed by atoms with Crippen molar-refractivity contribution in [3.05, 3.63) is 11.8 Å². The third kappa shape index (κ3) is 3.03. The lowest BCUT2D eigenvalue weighted by Gasteiger charge is -1.82. The highest BCUT2D eigenvalue weighted by molar-refractivity contribution is 5.76. The maximum absolute atomic E-state index is 5.30. The van der Waals surface area contributed by atoms with Gasteiger partial charge in [0.25, 0.3) is 0 Å². The molecule has 7 heavy (non-hydrogen) atoms. The predicted octanol–water partition coefficient (Wildman–Crippen LogP) is 0.550. The molecule has 0 saturated heterocycles. The smallest absolute Gasteiger partial charge is 0.0452 e. The van der Waals surface area contributed by atoms with Gasteiger partial charge in [-0.1, -0.05) is 6.08 Å². The highest BCUT2D eigenvalue weighted by Gasteiger charge is 1.71. The number of rotatable bonds is 1. The molecular weight excluding hydrogens is 88.1 g/mol. The van der Waals surface area contributed by atoms with Crippen LogP contribution in [-0.2, 0) is 0 Å². The lowest BCUT2D eigenvalue weighted by molar-refractivity contribution is 1.40. The molecule has 0 spiro atoms. The molecule has 40 valence electrons. The minimum Gasteiger partial charge on any atom is -0.398 e. The molecule has 2 heteroatoms. The number of hydrogen-bond acceptors (Lipinski definition) is 2. The van der Waals surface area contributed by atoms with Crippen LogP contribution in [0.1, 0.15) is 6.92 Å². The van der Waals surface area contributed by atoms with E-state index >= 15 is 0 Å². The maximum atomic E-state index is 5.30. The Morgan fingerprint density at radius 3 is 2.43 bits per heavy atom. The number of hydrogen-bond donors (Lipinski definition) is 1. The van der Waals surface area contributed by atoms with Crippen molar-refractivity contribution in [3.63, 3.8) is 0 Å². The Bertz CT molecular complexity index is 92.3. The van der Waals surface area contributed by atoms with Crippen molar-refractivity contribution in [2.75, 3.05) is 7.05 Å². The van der Waals surface area contributed by atoms with Gasteiger partial charge in [-0.15, -0.1) is 0 Å². The average Bonchev–Trinajstić information content (AvgIpc) is 1.68. The average molecular weight is 98.1 g/mol. The Morgan fingerprint density at radius 1 is 1.71 bits per heavy atom. The molecule has 0 radical (unpaired) electrons. The second-order valence-electron chi connectivity index (χ2n) is 1.18. The first-order chi connectivity index (χ1) is 3.31. The van der Waals surface area contributed by atoms with Gasteiger partial charge < -0.3 is 5.73 Å². The molecule has 0 aromatic carbocycles. The summed E-state index contributed by atoms with van der Waals surface area (Å²) in [4.78, 5) is 3.69. The molecule has 0 heterocycles. The fourth-order valence-electron chi connectivity index (χ4n) is 0.224. The van der Waals surface area contributed by atoms with E-state index in [1.807, 2.05) is 6.92 Å². The van der Waals surface area contributed by atoms with Gasteiger partial charge in [0.1, 0.15) is 0 Å². The van der Waals surface area contributed by atoms with Gasteiger partial charge >= 0.3 is 0 Å². The second kappa shape index (κ2) is 3.40. The summed E-state index contributed by atoms with van der Waals surface area (Å²) in [6.07, 6.45) is 3.41. The van der Waals surface area contributed by atoms with Crippen molar-refractivity contribution in [2.24, 2.45) is 10.7 Å². The SMILES string of the molecule is CC=C(N)C=NC. The Morgan fingerprint density at radius 2 is 2.29 bits per heavy atom. The van der Waals surface area contributed by atoms with Gasteiger partial charge in [0, 0.05) is 19.0 Å². The number of aliphatic imine (C=N–C) groups is 1. The van der Waals surface area contributed by atoms with Crippen molar-refractivity contribution in [1.29, 1.82) is 0 Å². The molecule has 2 N–H and O–H groups in total. The minimum atomic E-state index is 0.711. The highest BCUT2D eigenvalue weighted by Crippen LogP contribution is 1.72. The highest BCUT2D eigenvalue weighted by atomic mass is 14.7. The van der Waals surface area contributed by atoms with E-state index in [9.17, 15) is 0 Å². The molecule has 0 aromatic rings. The summed E-state index contributed by atoms with van der Waals surface area (Å²) >= 11 is 0. The van der Waals surface area contributed by atoms with Gasteiger partial charge in [-0.2, -0.15) is 0 Å². The monoisotopic (exact) mass is 98.1 g/mol. The van der Waals surface area contributed by atoms with E-state index in [1.165, 1.54) is 0 Å². The van der Waals surface area contributed by atoms with Crippen molar-refractivity contribution in [1.82, 2.24) is 0 Å². The van der Waals surface area contributed by atoms with Crippen molar-refractivity contribution in [2.45, 2.75) is 6.92 Å². The fraction of sp³-hybridized carbons (Fsp3) is 0.400. The number of allylic oxidation sites excluding steroid dienone is 2. The summed E-state index contributed by atoms with van der Waals surface area (Å²) in [6.45, 7) is 1.87. The Kier molecular flexibility index (Phi) is 3.02. The van der Waals surface area contributed by atoms with Crippen LogP contribution in [0.3, 0.4) is 0 Å². The van der Waals surface area contributed by atoms with Crippen LogP contribution in [-0.4, -0.2) is 13.3 Å². The Balaban J connectivity index is 3.58. The van der Waals surface area contributed by atoms with Gasteiger partial charge in [0.15, 0.2) is 0 Å². The summed E-state index contributed by atoms with van der Waals surface area (Å²) in [7, 11) is 1.69. The first kappa shape index (κ1) is 6.21. The summed E-state index contributed by atoms with van der Waals surface area (Å²) in [5.74, 6) is 0. The molecule has 0 saturated carbocycles. The maximum Gasteiger partial charge on any atom is 0.0452 e. The van der Waals surface area contributed by atoms with Crippen molar-refractivity contribution in [3.8, 4) is 0 Å². The van der Waals surface area contributed by atoms with E-state index in [0.29, 0.717) is 5.70 Å². The molecule has 0 aliphatic carbocycles. The molecule has 2 nitrogen and oxygen atoms in total. The van der Waals surface area contributed by atoms with Crippen LogP contribution in [0.25, 0.3) is 0 Å². The predicted molar refractivity (Wildman–Crippen MR) is 32.4 cm³/mol. The zero-order chi connectivity index (χ0) is 5.70. The quantitative estimate of drug-likeness (QED) is 0.478. The van der Waals surface area contributed by atoms with Gasteiger partial charge in [-0.05, 0) is 6.92 Å². The minimum absolute atomic E-state index is 0.711. The first-order valence-electron chi connectivity index (χ1n) is 2.15. The van der Waals surface area contributed by atoms with E-state index in [1.54, 1.807) is 19.3 Å². The van der Waals surface area contributed by atoms with Gasteiger partial charge in [0.05, 0.1) is 0 Å². The zero-order valence-electron chi connectivity index (χ0n) is 4.68. The fourth-order valence-corrected chi connectivity index (χ4v) is 0.224. The van der Waals surface area contributed by atoms with Crippen LogP contribution in [0.2, 0.25) is 0 Å². The zero-order valence-corrected chi connectivity index (χ0v) is 4.68. The summed E-state index contributed by atoms with van der Waals surface area (Å²) < 4.78 is 0. The third-order valence-corrected chi connectivity index (χ3v) is 0.612. The van der Waals surface area contributed by atoms with Gasteiger partial charge in [-0.3, -0.25) is 4.99 Å². The Labute approximate surface area is 43.7 Å². The second-order valence-corrected chi connectivity index (χ2v) is 1.18. The van der Waals surface area contributed by atoms with E-state index in [4.69, 9.17) is 5.73 Å². The summed E-state index contributed by atoms with van der Waals surface area (Å²) in [5.41, 5.74) is 6.01. The van der Waals surface area contributed by atoms with Crippen LogP contribution in [0, 0.1) is 0 Å². The molecule has 0 aliphatic rings. The molecule has 0 aromatic heterocycles. The Hall–Kier alpha value is -0.790. The van der Waals surface area contributed by atoms with E-state index in [2.05, 4.69) is 4.99 Å². The molecule has 0 bridgehead atoms.